The molecule has 0 fully saturated rings. The third kappa shape index (κ3) is 5.99. The standard InChI is InChI=1S/C17H15Cl2N3O4S/c1-9(26-14-7-6-10(18)8-12(14)19)15(24)20-17(27)22-21-16(25)11-4-2-3-5-13(11)23/h2-9,23H,1H3,(H,21,25)(H2,20,22,24,27). The van der Waals surface area contributed by atoms with Crippen molar-refractivity contribution < 1.29 is 19.4 Å². The van der Waals surface area contributed by atoms with Crippen LogP contribution in [0.25, 0.3) is 0 Å². The van der Waals surface area contributed by atoms with Crippen molar-refractivity contribution in [2.24, 2.45) is 0 Å². The predicted octanol–water partition coefficient (Wildman–Crippen LogP) is 2.80. The summed E-state index contributed by atoms with van der Waals surface area (Å²) >= 11 is 16.7. The Morgan fingerprint density at radius 2 is 1.85 bits per heavy atom. The van der Waals surface area contributed by atoms with Gasteiger partial charge in [-0.25, -0.2) is 0 Å². The molecule has 27 heavy (non-hydrogen) atoms. The van der Waals surface area contributed by atoms with E-state index >= 15 is 0 Å². The van der Waals surface area contributed by atoms with E-state index in [1.807, 2.05) is 0 Å². The molecule has 0 bridgehead atoms. The molecule has 0 aliphatic heterocycles. The van der Waals surface area contributed by atoms with Gasteiger partial charge in [-0.1, -0.05) is 35.3 Å². The fraction of sp³-hybridized carbons (Fsp3) is 0.118. The third-order valence-electron chi connectivity index (χ3n) is 3.24. The molecule has 1 atom stereocenters. The highest BCUT2D eigenvalue weighted by Gasteiger charge is 2.18. The van der Waals surface area contributed by atoms with E-state index in [-0.39, 0.29) is 27.2 Å². The highest BCUT2D eigenvalue weighted by molar-refractivity contribution is 7.80. The molecule has 2 amide bonds. The van der Waals surface area contributed by atoms with Crippen LogP contribution < -0.4 is 20.9 Å². The zero-order valence-corrected chi connectivity index (χ0v) is 16.3. The molecule has 0 aromatic heterocycles. The number of carbonyl (C=O) groups excluding carboxylic acids is 2. The maximum absolute atomic E-state index is 12.1. The molecule has 0 aliphatic carbocycles. The van der Waals surface area contributed by atoms with Gasteiger partial charge in [0.25, 0.3) is 11.8 Å². The minimum atomic E-state index is -0.919. The minimum absolute atomic E-state index is 0.0493. The zero-order valence-electron chi connectivity index (χ0n) is 14.0. The summed E-state index contributed by atoms with van der Waals surface area (Å²) in [4.78, 5) is 24.1. The number of aromatic hydroxyl groups is 1. The van der Waals surface area contributed by atoms with Crippen LogP contribution >= 0.6 is 35.4 Å². The lowest BCUT2D eigenvalue weighted by molar-refractivity contribution is -0.125. The van der Waals surface area contributed by atoms with Gasteiger partial charge in [0.1, 0.15) is 11.5 Å². The second-order valence-electron chi connectivity index (χ2n) is 5.25. The molecule has 0 heterocycles. The molecule has 10 heteroatoms. The third-order valence-corrected chi connectivity index (χ3v) is 3.98. The molecule has 0 saturated carbocycles. The van der Waals surface area contributed by atoms with Gasteiger partial charge in [0, 0.05) is 5.02 Å². The second-order valence-corrected chi connectivity index (χ2v) is 6.50. The topological polar surface area (TPSA) is 99.7 Å². The normalized spacial score (nSPS) is 11.2. The van der Waals surface area contributed by atoms with Crippen LogP contribution in [0.1, 0.15) is 17.3 Å². The van der Waals surface area contributed by atoms with E-state index in [9.17, 15) is 14.7 Å². The van der Waals surface area contributed by atoms with E-state index in [2.05, 4.69) is 16.2 Å². The largest absolute Gasteiger partial charge is 0.507 e. The number of amides is 2. The van der Waals surface area contributed by atoms with Crippen LogP contribution in [0.15, 0.2) is 42.5 Å². The first kappa shape index (κ1) is 20.8. The van der Waals surface area contributed by atoms with Gasteiger partial charge in [0.2, 0.25) is 0 Å². The van der Waals surface area contributed by atoms with E-state index < -0.39 is 17.9 Å². The lowest BCUT2D eigenvalue weighted by Gasteiger charge is -2.17. The van der Waals surface area contributed by atoms with Crippen LogP contribution in [-0.2, 0) is 4.79 Å². The van der Waals surface area contributed by atoms with Gasteiger partial charge in [-0.2, -0.15) is 0 Å². The molecule has 2 rings (SSSR count). The van der Waals surface area contributed by atoms with Crippen molar-refractivity contribution in [1.82, 2.24) is 16.2 Å². The van der Waals surface area contributed by atoms with Gasteiger partial charge in [-0.3, -0.25) is 25.8 Å². The highest BCUT2D eigenvalue weighted by Crippen LogP contribution is 2.28. The van der Waals surface area contributed by atoms with Gasteiger partial charge in [-0.05, 0) is 49.5 Å². The number of rotatable bonds is 4. The van der Waals surface area contributed by atoms with Crippen molar-refractivity contribution in [1.29, 1.82) is 0 Å². The molecule has 2 aromatic carbocycles. The van der Waals surface area contributed by atoms with Gasteiger partial charge >= 0.3 is 0 Å². The van der Waals surface area contributed by atoms with Gasteiger partial charge in [-0.15, -0.1) is 0 Å². The molecule has 0 spiro atoms. The number of hydrazine groups is 1. The summed E-state index contributed by atoms with van der Waals surface area (Å²) < 4.78 is 5.46. The quantitative estimate of drug-likeness (QED) is 0.442. The Balaban J connectivity index is 1.85. The smallest absolute Gasteiger partial charge is 0.273 e. The first-order valence-electron chi connectivity index (χ1n) is 7.59. The van der Waals surface area contributed by atoms with Crippen LogP contribution in [0.2, 0.25) is 10.0 Å². The van der Waals surface area contributed by atoms with E-state index in [1.165, 1.54) is 31.2 Å². The average molecular weight is 428 g/mol. The number of thiocarbonyl (C=S) groups is 1. The molecule has 0 aliphatic rings. The summed E-state index contributed by atoms with van der Waals surface area (Å²) in [6.45, 7) is 1.50. The number of ether oxygens (including phenoxy) is 1. The Labute approximate surface area is 170 Å². The van der Waals surface area contributed by atoms with E-state index in [4.69, 9.17) is 40.2 Å². The van der Waals surface area contributed by atoms with Crippen LogP contribution in [-0.4, -0.2) is 28.1 Å². The maximum Gasteiger partial charge on any atom is 0.273 e. The van der Waals surface area contributed by atoms with Crippen LogP contribution in [0.5, 0.6) is 11.5 Å². The Bertz CT molecular complexity index is 879. The molecule has 0 saturated heterocycles. The zero-order chi connectivity index (χ0) is 20.0. The van der Waals surface area contributed by atoms with Crippen LogP contribution in [0.3, 0.4) is 0 Å². The minimum Gasteiger partial charge on any atom is -0.507 e. The summed E-state index contributed by atoms with van der Waals surface area (Å²) in [5.74, 6) is -1.08. The summed E-state index contributed by atoms with van der Waals surface area (Å²) in [5, 5.41) is 12.5. The SMILES string of the molecule is CC(Oc1ccc(Cl)cc1Cl)C(=O)NC(=S)NNC(=O)c1ccccc1O. The summed E-state index contributed by atoms with van der Waals surface area (Å²) in [6, 6.07) is 10.6. The molecule has 0 radical (unpaired) electrons. The molecule has 142 valence electrons. The number of nitrogens with one attached hydrogen (secondary N) is 3. The molecular formula is C17H15Cl2N3O4S. The van der Waals surface area contributed by atoms with Crippen molar-refractivity contribution >= 4 is 52.3 Å². The number of para-hydroxylation sites is 1. The number of phenolic OH excluding ortho intramolecular Hbond substituents is 1. The Morgan fingerprint density at radius 3 is 2.52 bits per heavy atom. The number of hydrogen-bond acceptors (Lipinski definition) is 5. The van der Waals surface area contributed by atoms with E-state index in [1.54, 1.807) is 18.2 Å². The maximum atomic E-state index is 12.1. The van der Waals surface area contributed by atoms with Gasteiger partial charge < -0.3 is 9.84 Å². The van der Waals surface area contributed by atoms with Gasteiger partial charge in [0.05, 0.1) is 10.6 Å². The number of hydrogen-bond donors (Lipinski definition) is 4. The van der Waals surface area contributed by atoms with E-state index in [0.717, 1.165) is 0 Å². The van der Waals surface area contributed by atoms with Crippen molar-refractivity contribution in [3.63, 3.8) is 0 Å². The van der Waals surface area contributed by atoms with Gasteiger partial charge in [0.15, 0.2) is 11.2 Å². The first-order chi connectivity index (χ1) is 12.8. The molecule has 1 unspecified atom stereocenters. The predicted molar refractivity (Wildman–Crippen MR) is 106 cm³/mol. The number of halogens is 2. The van der Waals surface area contributed by atoms with Crippen molar-refractivity contribution in [2.75, 3.05) is 0 Å². The Kier molecular flexibility index (Phi) is 7.23. The van der Waals surface area contributed by atoms with Crippen molar-refractivity contribution in [3.05, 3.63) is 58.1 Å². The molecule has 7 nitrogen and oxygen atoms in total. The lowest BCUT2D eigenvalue weighted by Crippen LogP contribution is -2.51. The summed E-state index contributed by atoms with van der Waals surface area (Å²) in [5.41, 5.74) is 4.68. The van der Waals surface area contributed by atoms with Crippen LogP contribution in [0.4, 0.5) is 0 Å². The number of phenols is 1. The Morgan fingerprint density at radius 1 is 1.15 bits per heavy atom. The van der Waals surface area contributed by atoms with Crippen molar-refractivity contribution in [3.8, 4) is 11.5 Å². The van der Waals surface area contributed by atoms with Crippen molar-refractivity contribution in [2.45, 2.75) is 13.0 Å². The highest BCUT2D eigenvalue weighted by atomic mass is 35.5. The average Bonchev–Trinajstić information content (AvgIpc) is 2.62. The molecular weight excluding hydrogens is 413 g/mol. The second kappa shape index (κ2) is 9.40. The van der Waals surface area contributed by atoms with E-state index in [0.29, 0.717) is 5.02 Å². The monoisotopic (exact) mass is 427 g/mol. The number of benzene rings is 2. The molecule has 2 aromatic rings. The summed E-state index contributed by atoms with van der Waals surface area (Å²) in [7, 11) is 0. The fourth-order valence-corrected chi connectivity index (χ4v) is 2.51. The lowest BCUT2D eigenvalue weighted by atomic mass is 10.2. The first-order valence-corrected chi connectivity index (χ1v) is 8.75. The Hall–Kier alpha value is -2.55. The number of carbonyl (C=O) groups is 2. The van der Waals surface area contributed by atoms with Crippen LogP contribution in [0, 0.1) is 0 Å². The fourth-order valence-electron chi connectivity index (χ4n) is 1.91. The summed E-state index contributed by atoms with van der Waals surface area (Å²) in [6.07, 6.45) is -0.919. The molecule has 4 N–H and O–H groups in total.